The molecule has 1 saturated heterocycles. The lowest BCUT2D eigenvalue weighted by Gasteiger charge is -2.42. The molecule has 164 valence electrons. The van der Waals surface area contributed by atoms with Gasteiger partial charge in [-0.2, -0.15) is 0 Å². The number of nitrogens with one attached hydrogen (secondary N) is 3. The Morgan fingerprint density at radius 1 is 1.07 bits per heavy atom. The van der Waals surface area contributed by atoms with Gasteiger partial charge in [-0.15, -0.1) is 24.0 Å². The van der Waals surface area contributed by atoms with Crippen LogP contribution in [0, 0.1) is 5.41 Å². The normalized spacial score (nSPS) is 21.4. The molecule has 1 saturated carbocycles. The largest absolute Gasteiger partial charge is 0.381 e. The van der Waals surface area contributed by atoms with Crippen LogP contribution in [-0.4, -0.2) is 44.8 Å². The maximum Gasteiger partial charge on any atom is 0.191 e. The highest BCUT2D eigenvalue weighted by atomic mass is 127. The van der Waals surface area contributed by atoms with Gasteiger partial charge in [-0.05, 0) is 50.0 Å². The minimum Gasteiger partial charge on any atom is -0.381 e. The Bertz CT molecular complexity index is 622. The molecule has 0 radical (unpaired) electrons. The van der Waals surface area contributed by atoms with E-state index < -0.39 is 0 Å². The molecule has 3 N–H and O–H groups in total. The molecule has 0 amide bonds. The second-order valence-electron chi connectivity index (χ2n) is 8.66. The number of aliphatic imine (C=N–C) groups is 1. The van der Waals surface area contributed by atoms with Gasteiger partial charge in [-0.25, -0.2) is 0 Å². The zero-order chi connectivity index (χ0) is 19.9. The third-order valence-corrected chi connectivity index (χ3v) is 6.89. The molecule has 1 unspecified atom stereocenters. The van der Waals surface area contributed by atoms with Crippen LogP contribution in [-0.2, 0) is 4.74 Å². The summed E-state index contributed by atoms with van der Waals surface area (Å²) in [5.74, 6) is 0.916. The molecule has 1 aliphatic carbocycles. The first-order valence-corrected chi connectivity index (χ1v) is 11.0. The van der Waals surface area contributed by atoms with E-state index in [9.17, 15) is 0 Å². The fourth-order valence-electron chi connectivity index (χ4n) is 4.50. The Morgan fingerprint density at radius 2 is 1.72 bits per heavy atom. The van der Waals surface area contributed by atoms with Gasteiger partial charge in [0.05, 0.1) is 0 Å². The van der Waals surface area contributed by atoms with E-state index in [-0.39, 0.29) is 29.5 Å². The number of hydrogen-bond acceptors (Lipinski definition) is 3. The van der Waals surface area contributed by atoms with E-state index in [4.69, 9.17) is 4.74 Å². The van der Waals surface area contributed by atoms with Crippen LogP contribution < -0.4 is 16.0 Å². The quantitative estimate of drug-likeness (QED) is 0.276. The predicted octanol–water partition coefficient (Wildman–Crippen LogP) is 4.25. The summed E-state index contributed by atoms with van der Waals surface area (Å²) in [4.78, 5) is 4.47. The van der Waals surface area contributed by atoms with Crippen LogP contribution >= 0.6 is 24.0 Å². The van der Waals surface area contributed by atoms with E-state index in [1.807, 2.05) is 7.05 Å². The minimum absolute atomic E-state index is 0. The molecule has 1 atom stereocenters. The summed E-state index contributed by atoms with van der Waals surface area (Å²) in [6.45, 7) is 8.05. The summed E-state index contributed by atoms with van der Waals surface area (Å²) in [5.41, 5.74) is 1.82. The molecule has 29 heavy (non-hydrogen) atoms. The number of halogens is 1. The SMILES string of the molecule is CCC1(CNC(=NC)NCC2(NC(C)c3ccccc3)CCOCC2)CCC1.I. The Morgan fingerprint density at radius 3 is 2.28 bits per heavy atom. The Balaban J connectivity index is 0.00000300. The number of guanidine groups is 1. The van der Waals surface area contributed by atoms with Gasteiger partial charge in [-0.1, -0.05) is 43.7 Å². The van der Waals surface area contributed by atoms with E-state index in [0.717, 1.165) is 45.1 Å². The summed E-state index contributed by atoms with van der Waals surface area (Å²) >= 11 is 0. The lowest BCUT2D eigenvalue weighted by Crippen LogP contribution is -2.58. The molecule has 1 aliphatic heterocycles. The zero-order valence-corrected chi connectivity index (χ0v) is 20.6. The maximum absolute atomic E-state index is 5.66. The van der Waals surface area contributed by atoms with Gasteiger partial charge >= 0.3 is 0 Å². The van der Waals surface area contributed by atoms with Crippen LogP contribution in [0.2, 0.25) is 0 Å². The molecule has 5 nitrogen and oxygen atoms in total. The van der Waals surface area contributed by atoms with Crippen molar-refractivity contribution in [3.63, 3.8) is 0 Å². The Kier molecular flexibility index (Phi) is 9.69. The maximum atomic E-state index is 5.66. The Hall–Kier alpha value is -0.860. The van der Waals surface area contributed by atoms with Crippen molar-refractivity contribution in [3.8, 4) is 0 Å². The van der Waals surface area contributed by atoms with Crippen molar-refractivity contribution in [2.45, 2.75) is 64.0 Å². The third-order valence-electron chi connectivity index (χ3n) is 6.89. The number of benzene rings is 1. The van der Waals surface area contributed by atoms with Crippen molar-refractivity contribution in [3.05, 3.63) is 35.9 Å². The second kappa shape index (κ2) is 11.5. The lowest BCUT2D eigenvalue weighted by molar-refractivity contribution is 0.0354. The summed E-state index contributed by atoms with van der Waals surface area (Å²) in [5, 5.41) is 11.1. The summed E-state index contributed by atoms with van der Waals surface area (Å²) in [7, 11) is 1.87. The molecular weight excluding hydrogens is 475 g/mol. The molecule has 1 aromatic rings. The van der Waals surface area contributed by atoms with E-state index >= 15 is 0 Å². The minimum atomic E-state index is 0. The first-order chi connectivity index (χ1) is 13.6. The zero-order valence-electron chi connectivity index (χ0n) is 18.3. The molecule has 0 aromatic heterocycles. The van der Waals surface area contributed by atoms with Crippen molar-refractivity contribution < 1.29 is 4.74 Å². The van der Waals surface area contributed by atoms with Gasteiger partial charge < -0.3 is 20.7 Å². The molecule has 6 heteroatoms. The van der Waals surface area contributed by atoms with Gasteiger partial charge in [0.1, 0.15) is 0 Å². The first kappa shape index (κ1) is 24.4. The summed E-state index contributed by atoms with van der Waals surface area (Å²) in [6.07, 6.45) is 7.30. The molecule has 3 rings (SSSR count). The highest BCUT2D eigenvalue weighted by Gasteiger charge is 2.36. The van der Waals surface area contributed by atoms with Gasteiger partial charge in [0.2, 0.25) is 0 Å². The Labute approximate surface area is 193 Å². The highest BCUT2D eigenvalue weighted by molar-refractivity contribution is 14.0. The van der Waals surface area contributed by atoms with Crippen molar-refractivity contribution in [1.82, 2.24) is 16.0 Å². The average molecular weight is 514 g/mol. The van der Waals surface area contributed by atoms with E-state index in [1.165, 1.54) is 31.2 Å². The summed E-state index contributed by atoms with van der Waals surface area (Å²) in [6, 6.07) is 11.0. The molecule has 2 fully saturated rings. The van der Waals surface area contributed by atoms with Crippen LogP contribution in [0.25, 0.3) is 0 Å². The summed E-state index contributed by atoms with van der Waals surface area (Å²) < 4.78 is 5.66. The van der Waals surface area contributed by atoms with Crippen molar-refractivity contribution >= 4 is 29.9 Å². The molecule has 0 bridgehead atoms. The molecule has 1 aromatic carbocycles. The van der Waals surface area contributed by atoms with Crippen molar-refractivity contribution in [2.75, 3.05) is 33.4 Å². The number of nitrogens with zero attached hydrogens (tertiary/aromatic N) is 1. The molecule has 2 aliphatic rings. The van der Waals surface area contributed by atoms with Crippen molar-refractivity contribution in [2.24, 2.45) is 10.4 Å². The second-order valence-corrected chi connectivity index (χ2v) is 8.66. The average Bonchev–Trinajstić information content (AvgIpc) is 2.71. The monoisotopic (exact) mass is 514 g/mol. The van der Waals surface area contributed by atoms with E-state index in [2.05, 4.69) is 65.1 Å². The third kappa shape index (κ3) is 6.56. The molecule has 1 heterocycles. The van der Waals surface area contributed by atoms with E-state index in [0.29, 0.717) is 11.5 Å². The number of rotatable bonds is 8. The first-order valence-electron chi connectivity index (χ1n) is 11.0. The lowest BCUT2D eigenvalue weighted by atomic mass is 9.67. The van der Waals surface area contributed by atoms with Crippen LogP contribution in [0.15, 0.2) is 35.3 Å². The standard InChI is InChI=1S/C23H38N4O.HI/c1-4-22(11-8-12-22)17-25-21(24-3)26-18-23(13-15-28-16-14-23)27-19(2)20-9-6-5-7-10-20;/h5-7,9-10,19,27H,4,8,11-18H2,1-3H3,(H2,24,25,26);1H. The predicted molar refractivity (Wildman–Crippen MR) is 132 cm³/mol. The van der Waals surface area contributed by atoms with E-state index in [1.54, 1.807) is 0 Å². The van der Waals surface area contributed by atoms with Gasteiger partial charge in [0.25, 0.3) is 0 Å². The highest BCUT2D eigenvalue weighted by Crippen LogP contribution is 2.43. The number of ether oxygens (including phenoxy) is 1. The fraction of sp³-hybridized carbons (Fsp3) is 0.696. The topological polar surface area (TPSA) is 57.7 Å². The van der Waals surface area contributed by atoms with Crippen LogP contribution in [0.3, 0.4) is 0 Å². The van der Waals surface area contributed by atoms with Gasteiger partial charge in [-0.3, -0.25) is 4.99 Å². The van der Waals surface area contributed by atoms with Gasteiger partial charge in [0, 0.05) is 44.9 Å². The number of hydrogen-bond donors (Lipinski definition) is 3. The molecule has 0 spiro atoms. The van der Waals surface area contributed by atoms with Crippen LogP contribution in [0.1, 0.15) is 64.0 Å². The fourth-order valence-corrected chi connectivity index (χ4v) is 4.50. The van der Waals surface area contributed by atoms with Crippen LogP contribution in [0.4, 0.5) is 0 Å². The molecular formula is C23H39IN4O. The van der Waals surface area contributed by atoms with Crippen molar-refractivity contribution in [1.29, 1.82) is 0 Å². The smallest absolute Gasteiger partial charge is 0.191 e. The van der Waals surface area contributed by atoms with Crippen LogP contribution in [0.5, 0.6) is 0 Å². The van der Waals surface area contributed by atoms with Gasteiger partial charge in [0.15, 0.2) is 5.96 Å².